The maximum Gasteiger partial charge on any atom is 0.221 e. The fraction of sp³-hybridized carbons (Fsp3) is 0.286. The van der Waals surface area contributed by atoms with Crippen molar-refractivity contribution in [2.75, 3.05) is 6.54 Å². The molecule has 49 valence electrons. The fourth-order valence-corrected chi connectivity index (χ4v) is 0.383. The third-order valence-electron chi connectivity index (χ3n) is 0.845. The first-order valence-electron chi connectivity index (χ1n) is 2.69. The van der Waals surface area contributed by atoms with Crippen LogP contribution in [0.25, 0.3) is 0 Å². The lowest BCUT2D eigenvalue weighted by Gasteiger charge is -2.01. The first-order chi connectivity index (χ1) is 4.35. The summed E-state index contributed by atoms with van der Waals surface area (Å²) in [7, 11) is 0. The lowest BCUT2D eigenvalue weighted by atomic mass is 10.3. The van der Waals surface area contributed by atoms with E-state index in [2.05, 4.69) is 18.5 Å². The second kappa shape index (κ2) is 5.25. The van der Waals surface area contributed by atoms with E-state index in [9.17, 15) is 4.79 Å². The van der Waals surface area contributed by atoms with Crippen molar-refractivity contribution in [3.05, 3.63) is 25.3 Å². The molecule has 0 heterocycles. The number of nitrogens with one attached hydrogen (secondary N) is 1. The molecule has 2 nitrogen and oxygen atoms in total. The van der Waals surface area contributed by atoms with Crippen LogP contribution in [0.4, 0.5) is 0 Å². The molecule has 0 aliphatic heterocycles. The summed E-state index contributed by atoms with van der Waals surface area (Å²) < 4.78 is 0. The van der Waals surface area contributed by atoms with Gasteiger partial charge in [0.05, 0.1) is 6.04 Å². The van der Waals surface area contributed by atoms with Crippen LogP contribution in [0.3, 0.4) is 0 Å². The first-order valence-corrected chi connectivity index (χ1v) is 2.69. The Balaban J connectivity index is 3.41. The van der Waals surface area contributed by atoms with E-state index in [-0.39, 0.29) is 6.04 Å². The third-order valence-corrected chi connectivity index (χ3v) is 0.845. The average molecular weight is 124 g/mol. The van der Waals surface area contributed by atoms with Crippen LogP contribution in [0.15, 0.2) is 25.3 Å². The van der Waals surface area contributed by atoms with Crippen LogP contribution in [-0.4, -0.2) is 18.9 Å². The second-order valence-electron chi connectivity index (χ2n) is 1.53. The molecule has 0 saturated carbocycles. The van der Waals surface area contributed by atoms with Crippen LogP contribution in [0.5, 0.6) is 0 Å². The Labute approximate surface area is 55.3 Å². The van der Waals surface area contributed by atoms with Crippen LogP contribution < -0.4 is 5.32 Å². The lowest BCUT2D eigenvalue weighted by Crippen LogP contribution is -2.27. The molecule has 0 spiro atoms. The van der Waals surface area contributed by atoms with Gasteiger partial charge in [-0.15, -0.1) is 13.2 Å². The Kier molecular flexibility index (Phi) is 4.73. The highest BCUT2D eigenvalue weighted by Crippen LogP contribution is 1.76. The van der Waals surface area contributed by atoms with E-state index >= 15 is 0 Å². The SMILES string of the molecule is C=CCN[C@H]([C]=O)C=C. The molecule has 1 N–H and O–H groups in total. The van der Waals surface area contributed by atoms with Crippen LogP contribution in [0.1, 0.15) is 0 Å². The Hall–Kier alpha value is -0.890. The zero-order chi connectivity index (χ0) is 7.11. The molecule has 1 radical (unpaired) electrons. The van der Waals surface area contributed by atoms with Crippen LogP contribution in [0.2, 0.25) is 0 Å². The predicted molar refractivity (Wildman–Crippen MR) is 37.9 cm³/mol. The van der Waals surface area contributed by atoms with Crippen molar-refractivity contribution < 1.29 is 4.79 Å². The quantitative estimate of drug-likeness (QED) is 0.538. The standard InChI is InChI=1S/C7H10NO/c1-3-5-8-7(4-2)6-9/h3-4,7-8H,1-2,5H2/t7-/m0/s1. The molecular formula is C7H10NO. The maximum absolute atomic E-state index is 9.95. The van der Waals surface area contributed by atoms with Crippen LogP contribution in [0, 0.1) is 0 Å². The Morgan fingerprint density at radius 3 is 2.67 bits per heavy atom. The van der Waals surface area contributed by atoms with Crippen molar-refractivity contribution in [3.8, 4) is 0 Å². The summed E-state index contributed by atoms with van der Waals surface area (Å²) in [6.45, 7) is 7.50. The lowest BCUT2D eigenvalue weighted by molar-refractivity contribution is 0.539. The van der Waals surface area contributed by atoms with Crippen molar-refractivity contribution >= 4 is 6.29 Å². The van der Waals surface area contributed by atoms with Crippen molar-refractivity contribution in [1.29, 1.82) is 0 Å². The van der Waals surface area contributed by atoms with Crippen LogP contribution in [-0.2, 0) is 4.79 Å². The number of hydrogen-bond acceptors (Lipinski definition) is 2. The van der Waals surface area contributed by atoms with Crippen molar-refractivity contribution in [3.63, 3.8) is 0 Å². The van der Waals surface area contributed by atoms with Crippen molar-refractivity contribution in [2.24, 2.45) is 0 Å². The van der Waals surface area contributed by atoms with E-state index in [0.717, 1.165) is 0 Å². The van der Waals surface area contributed by atoms with E-state index in [1.54, 1.807) is 12.4 Å². The summed E-state index contributed by atoms with van der Waals surface area (Å²) in [4.78, 5) is 9.95. The molecule has 0 bridgehead atoms. The van der Waals surface area contributed by atoms with Gasteiger partial charge in [0.25, 0.3) is 0 Å². The smallest absolute Gasteiger partial charge is 0.221 e. The molecule has 0 amide bonds. The molecule has 0 aromatic carbocycles. The summed E-state index contributed by atoms with van der Waals surface area (Å²) in [5.41, 5.74) is 0. The Morgan fingerprint density at radius 2 is 2.33 bits per heavy atom. The zero-order valence-corrected chi connectivity index (χ0v) is 5.26. The highest BCUT2D eigenvalue weighted by atomic mass is 16.1. The van der Waals surface area contributed by atoms with Gasteiger partial charge in [0.1, 0.15) is 0 Å². The van der Waals surface area contributed by atoms with Crippen LogP contribution >= 0.6 is 0 Å². The van der Waals surface area contributed by atoms with Gasteiger partial charge in [0, 0.05) is 6.54 Å². The average Bonchev–Trinajstić information content (AvgIpc) is 1.91. The maximum atomic E-state index is 9.95. The summed E-state index contributed by atoms with van der Waals surface area (Å²) in [6, 6.07) is -0.358. The van der Waals surface area contributed by atoms with E-state index in [4.69, 9.17) is 0 Å². The van der Waals surface area contributed by atoms with Gasteiger partial charge >= 0.3 is 0 Å². The van der Waals surface area contributed by atoms with Gasteiger partial charge in [-0.1, -0.05) is 12.2 Å². The first kappa shape index (κ1) is 8.11. The van der Waals surface area contributed by atoms with Gasteiger partial charge in [-0.05, 0) is 0 Å². The van der Waals surface area contributed by atoms with E-state index in [0.29, 0.717) is 6.54 Å². The van der Waals surface area contributed by atoms with Gasteiger partial charge in [-0.3, -0.25) is 4.79 Å². The minimum Gasteiger partial charge on any atom is -0.300 e. The van der Waals surface area contributed by atoms with E-state index < -0.39 is 0 Å². The molecule has 0 fully saturated rings. The Bertz CT molecular complexity index is 101. The van der Waals surface area contributed by atoms with Gasteiger partial charge < -0.3 is 5.32 Å². The zero-order valence-electron chi connectivity index (χ0n) is 5.26. The molecule has 2 heteroatoms. The summed E-state index contributed by atoms with van der Waals surface area (Å²) >= 11 is 0. The Morgan fingerprint density at radius 1 is 1.67 bits per heavy atom. The summed E-state index contributed by atoms with van der Waals surface area (Å²) in [5.74, 6) is 0. The molecular weight excluding hydrogens is 114 g/mol. The summed E-state index contributed by atoms with van der Waals surface area (Å²) in [5, 5.41) is 2.81. The minimum atomic E-state index is -0.358. The molecule has 9 heavy (non-hydrogen) atoms. The number of carbonyl (C=O) groups excluding carboxylic acids is 1. The third kappa shape index (κ3) is 3.67. The molecule has 0 aromatic heterocycles. The molecule has 0 aromatic rings. The molecule has 0 aliphatic rings. The van der Waals surface area contributed by atoms with E-state index in [1.165, 1.54) is 6.08 Å². The highest BCUT2D eigenvalue weighted by Gasteiger charge is 1.96. The van der Waals surface area contributed by atoms with Gasteiger partial charge in [0.2, 0.25) is 6.29 Å². The monoisotopic (exact) mass is 124 g/mol. The molecule has 0 aliphatic carbocycles. The van der Waals surface area contributed by atoms with Crippen molar-refractivity contribution in [2.45, 2.75) is 6.04 Å². The normalized spacial score (nSPS) is 12.0. The van der Waals surface area contributed by atoms with Gasteiger partial charge in [-0.2, -0.15) is 0 Å². The second-order valence-corrected chi connectivity index (χ2v) is 1.53. The predicted octanol–water partition coefficient (Wildman–Crippen LogP) is 0.426. The molecule has 0 unspecified atom stereocenters. The minimum absolute atomic E-state index is 0.358. The topological polar surface area (TPSA) is 29.1 Å². The molecule has 0 saturated heterocycles. The largest absolute Gasteiger partial charge is 0.300 e. The fourth-order valence-electron chi connectivity index (χ4n) is 0.383. The number of rotatable bonds is 5. The highest BCUT2D eigenvalue weighted by molar-refractivity contribution is 5.61. The van der Waals surface area contributed by atoms with Gasteiger partial charge in [-0.25, -0.2) is 0 Å². The molecule has 1 atom stereocenters. The molecule has 0 rings (SSSR count). The summed E-state index contributed by atoms with van der Waals surface area (Å²) in [6.07, 6.45) is 4.93. The van der Waals surface area contributed by atoms with Gasteiger partial charge in [0.15, 0.2) is 0 Å². The number of hydrogen-bond donors (Lipinski definition) is 1. The van der Waals surface area contributed by atoms with Crippen molar-refractivity contribution in [1.82, 2.24) is 5.32 Å². The van der Waals surface area contributed by atoms with E-state index in [1.807, 2.05) is 0 Å².